The summed E-state index contributed by atoms with van der Waals surface area (Å²) in [7, 11) is 4.96. The summed E-state index contributed by atoms with van der Waals surface area (Å²) in [5.41, 5.74) is 1.41. The van der Waals surface area contributed by atoms with Gasteiger partial charge in [0.15, 0.2) is 6.61 Å². The van der Waals surface area contributed by atoms with E-state index in [0.29, 0.717) is 22.9 Å². The van der Waals surface area contributed by atoms with Gasteiger partial charge in [-0.05, 0) is 42.8 Å². The smallest absolute Gasteiger partial charge is 0.259 e. The highest BCUT2D eigenvalue weighted by Crippen LogP contribution is 2.33. The summed E-state index contributed by atoms with van der Waals surface area (Å²) in [6.07, 6.45) is 0.814. The quantitative estimate of drug-likeness (QED) is 0.730. The molecule has 1 fully saturated rings. The van der Waals surface area contributed by atoms with Crippen LogP contribution in [0.4, 0.5) is 5.69 Å². The Hall–Kier alpha value is -2.93. The van der Waals surface area contributed by atoms with E-state index in [2.05, 4.69) is 10.2 Å². The van der Waals surface area contributed by atoms with Gasteiger partial charge in [0.25, 0.3) is 11.8 Å². The van der Waals surface area contributed by atoms with Gasteiger partial charge in [-0.1, -0.05) is 17.7 Å². The van der Waals surface area contributed by atoms with Crippen LogP contribution in [0.3, 0.4) is 0 Å². The number of methoxy groups -OCH3 is 1. The number of likely N-dealkylation sites (N-methyl/N-ethyl adjacent to an activating group) is 1. The second kappa shape index (κ2) is 9.71. The van der Waals surface area contributed by atoms with E-state index in [4.69, 9.17) is 21.1 Å². The van der Waals surface area contributed by atoms with Gasteiger partial charge in [-0.15, -0.1) is 0 Å². The molecule has 3 rings (SSSR count). The maximum absolute atomic E-state index is 12.7. The highest BCUT2D eigenvalue weighted by atomic mass is 35.5. The molecule has 1 unspecified atom stereocenters. The maximum Gasteiger partial charge on any atom is 0.259 e. The molecule has 1 aliphatic rings. The van der Waals surface area contributed by atoms with Gasteiger partial charge < -0.3 is 24.6 Å². The zero-order valence-corrected chi connectivity index (χ0v) is 18.1. The summed E-state index contributed by atoms with van der Waals surface area (Å²) in [6, 6.07) is 12.3. The van der Waals surface area contributed by atoms with Crippen LogP contribution < -0.4 is 19.7 Å². The molecular weight excluding hydrogens is 406 g/mol. The number of carbonyl (C=O) groups excluding carboxylic acids is 2. The SMILES string of the molecule is COc1ccc(Cl)cc1N1CCC(NC(=O)c2cccc(OCC(=O)N(C)C)c2)C1. The molecule has 8 heteroatoms. The third-order valence-electron chi connectivity index (χ3n) is 4.96. The highest BCUT2D eigenvalue weighted by Gasteiger charge is 2.26. The molecule has 0 spiro atoms. The minimum atomic E-state index is -0.177. The second-order valence-corrected chi connectivity index (χ2v) is 7.76. The molecule has 0 radical (unpaired) electrons. The van der Waals surface area contributed by atoms with Gasteiger partial charge in [-0.25, -0.2) is 0 Å². The van der Waals surface area contributed by atoms with Gasteiger partial charge in [0.1, 0.15) is 11.5 Å². The Labute approximate surface area is 181 Å². The van der Waals surface area contributed by atoms with Crippen LogP contribution in [-0.2, 0) is 4.79 Å². The van der Waals surface area contributed by atoms with Gasteiger partial charge in [-0.2, -0.15) is 0 Å². The van der Waals surface area contributed by atoms with E-state index < -0.39 is 0 Å². The average molecular weight is 432 g/mol. The van der Waals surface area contributed by atoms with Crippen molar-refractivity contribution in [1.82, 2.24) is 10.2 Å². The molecule has 0 bridgehead atoms. The first-order valence-corrected chi connectivity index (χ1v) is 10.1. The Kier molecular flexibility index (Phi) is 7.05. The lowest BCUT2D eigenvalue weighted by molar-refractivity contribution is -0.130. The molecule has 0 aromatic heterocycles. The van der Waals surface area contributed by atoms with Crippen molar-refractivity contribution in [3.63, 3.8) is 0 Å². The third kappa shape index (κ3) is 5.36. The fourth-order valence-corrected chi connectivity index (χ4v) is 3.44. The normalized spacial score (nSPS) is 15.6. The van der Waals surface area contributed by atoms with Crippen molar-refractivity contribution >= 4 is 29.1 Å². The predicted octanol–water partition coefficient (Wildman–Crippen LogP) is 2.82. The van der Waals surface area contributed by atoms with Crippen LogP contribution in [0, 0.1) is 0 Å². The topological polar surface area (TPSA) is 71.1 Å². The molecule has 1 heterocycles. The van der Waals surface area contributed by atoms with Crippen molar-refractivity contribution in [2.75, 3.05) is 45.8 Å². The number of hydrogen-bond donors (Lipinski definition) is 1. The van der Waals surface area contributed by atoms with Crippen molar-refractivity contribution in [1.29, 1.82) is 0 Å². The van der Waals surface area contributed by atoms with Crippen LogP contribution in [-0.4, -0.2) is 63.7 Å². The summed E-state index contributed by atoms with van der Waals surface area (Å²) in [5.74, 6) is 0.912. The van der Waals surface area contributed by atoms with Crippen molar-refractivity contribution in [3.8, 4) is 11.5 Å². The van der Waals surface area contributed by atoms with E-state index in [1.165, 1.54) is 4.90 Å². The molecule has 1 N–H and O–H groups in total. The Morgan fingerprint density at radius 2 is 2.03 bits per heavy atom. The average Bonchev–Trinajstić information content (AvgIpc) is 3.20. The molecule has 1 saturated heterocycles. The number of halogens is 1. The van der Waals surface area contributed by atoms with E-state index in [9.17, 15) is 9.59 Å². The number of amides is 2. The summed E-state index contributed by atoms with van der Waals surface area (Å²) < 4.78 is 10.9. The van der Waals surface area contributed by atoms with Crippen LogP contribution in [0.1, 0.15) is 16.8 Å². The lowest BCUT2D eigenvalue weighted by Crippen LogP contribution is -2.37. The van der Waals surface area contributed by atoms with E-state index in [-0.39, 0.29) is 24.5 Å². The van der Waals surface area contributed by atoms with Crippen LogP contribution >= 0.6 is 11.6 Å². The van der Waals surface area contributed by atoms with Gasteiger partial charge in [0.05, 0.1) is 12.8 Å². The van der Waals surface area contributed by atoms with Crippen LogP contribution in [0.2, 0.25) is 5.02 Å². The molecule has 0 aliphatic carbocycles. The molecule has 2 aromatic rings. The number of rotatable bonds is 7. The van der Waals surface area contributed by atoms with Gasteiger partial charge >= 0.3 is 0 Å². The zero-order chi connectivity index (χ0) is 21.7. The first-order chi connectivity index (χ1) is 14.4. The lowest BCUT2D eigenvalue weighted by Gasteiger charge is -2.22. The molecule has 2 aromatic carbocycles. The van der Waals surface area contributed by atoms with Crippen molar-refractivity contribution < 1.29 is 19.1 Å². The summed E-state index contributed by atoms with van der Waals surface area (Å²) in [5, 5.41) is 3.71. The van der Waals surface area contributed by atoms with Crippen LogP contribution in [0.25, 0.3) is 0 Å². The number of hydrogen-bond acceptors (Lipinski definition) is 5. The number of nitrogens with one attached hydrogen (secondary N) is 1. The molecular formula is C22H26ClN3O4. The number of anilines is 1. The van der Waals surface area contributed by atoms with Gasteiger partial charge in [-0.3, -0.25) is 9.59 Å². The largest absolute Gasteiger partial charge is 0.495 e. The van der Waals surface area contributed by atoms with Crippen LogP contribution in [0.5, 0.6) is 11.5 Å². The zero-order valence-electron chi connectivity index (χ0n) is 17.4. The lowest BCUT2D eigenvalue weighted by atomic mass is 10.1. The summed E-state index contributed by atoms with van der Waals surface area (Å²) in [6.45, 7) is 1.38. The Bertz CT molecular complexity index is 919. The molecule has 1 atom stereocenters. The molecule has 2 amide bonds. The predicted molar refractivity (Wildman–Crippen MR) is 117 cm³/mol. The Balaban J connectivity index is 1.60. The van der Waals surface area contributed by atoms with Gasteiger partial charge in [0.2, 0.25) is 0 Å². The Morgan fingerprint density at radius 1 is 1.23 bits per heavy atom. The molecule has 0 saturated carbocycles. The minimum absolute atomic E-state index is 0.00100. The Morgan fingerprint density at radius 3 is 2.77 bits per heavy atom. The third-order valence-corrected chi connectivity index (χ3v) is 5.20. The van der Waals surface area contributed by atoms with E-state index in [0.717, 1.165) is 24.4 Å². The molecule has 7 nitrogen and oxygen atoms in total. The van der Waals surface area contributed by atoms with E-state index in [1.807, 2.05) is 12.1 Å². The fraction of sp³-hybridized carbons (Fsp3) is 0.364. The van der Waals surface area contributed by atoms with Crippen molar-refractivity contribution in [2.45, 2.75) is 12.5 Å². The second-order valence-electron chi connectivity index (χ2n) is 7.33. The van der Waals surface area contributed by atoms with Gasteiger partial charge in [0, 0.05) is 43.8 Å². The summed E-state index contributed by atoms with van der Waals surface area (Å²) in [4.78, 5) is 28.0. The first-order valence-electron chi connectivity index (χ1n) is 9.69. The van der Waals surface area contributed by atoms with Crippen LogP contribution in [0.15, 0.2) is 42.5 Å². The first kappa shape index (κ1) is 21.8. The maximum atomic E-state index is 12.7. The number of benzene rings is 2. The van der Waals surface area contributed by atoms with E-state index >= 15 is 0 Å². The monoisotopic (exact) mass is 431 g/mol. The number of ether oxygens (including phenoxy) is 2. The van der Waals surface area contributed by atoms with Crippen molar-refractivity contribution in [3.05, 3.63) is 53.1 Å². The fourth-order valence-electron chi connectivity index (χ4n) is 3.28. The molecule has 1 aliphatic heterocycles. The number of nitrogens with zero attached hydrogens (tertiary/aromatic N) is 2. The van der Waals surface area contributed by atoms with E-state index in [1.54, 1.807) is 51.5 Å². The highest BCUT2D eigenvalue weighted by molar-refractivity contribution is 6.30. The molecule has 30 heavy (non-hydrogen) atoms. The minimum Gasteiger partial charge on any atom is -0.495 e. The molecule has 160 valence electrons. The van der Waals surface area contributed by atoms with Crippen molar-refractivity contribution in [2.24, 2.45) is 0 Å². The standard InChI is InChI=1S/C22H26ClN3O4/c1-25(2)21(27)14-30-18-6-4-5-15(11-18)22(28)24-17-9-10-26(13-17)19-12-16(23)7-8-20(19)29-3/h4-8,11-12,17H,9-10,13-14H2,1-3H3,(H,24,28). The number of carbonyl (C=O) groups is 2. The summed E-state index contributed by atoms with van der Waals surface area (Å²) >= 11 is 6.14.